The number of terminal acetylenes is 1. The van der Waals surface area contributed by atoms with Crippen LogP contribution in [0.25, 0.3) is 0 Å². The molecule has 0 heterocycles. The van der Waals surface area contributed by atoms with E-state index < -0.39 is 6.80 Å². The van der Waals surface area contributed by atoms with Crippen molar-refractivity contribution >= 4 is 18.2 Å². The van der Waals surface area contributed by atoms with Gasteiger partial charge in [0, 0.05) is 0 Å². The van der Waals surface area contributed by atoms with Gasteiger partial charge in [0.1, 0.15) is 0 Å². The first-order valence-electron chi connectivity index (χ1n) is 7.65. The Labute approximate surface area is 128 Å². The van der Waals surface area contributed by atoms with E-state index in [9.17, 15) is 4.57 Å². The van der Waals surface area contributed by atoms with Crippen LogP contribution in [0.1, 0.15) is 65.2 Å². The third-order valence-electron chi connectivity index (χ3n) is 2.80. The van der Waals surface area contributed by atoms with Gasteiger partial charge in [0.2, 0.25) is 0 Å². The third kappa shape index (κ3) is 11.9. The van der Waals surface area contributed by atoms with Gasteiger partial charge in [-0.3, -0.25) is 0 Å². The third-order valence-corrected chi connectivity index (χ3v) is 6.38. The topological polar surface area (TPSA) is 35.5 Å². The quantitative estimate of drug-likeness (QED) is 0.235. The van der Waals surface area contributed by atoms with Crippen LogP contribution in [0.15, 0.2) is 0 Å². The molecule has 118 valence electrons. The average Bonchev–Trinajstić information content (AvgIpc) is 2.45. The van der Waals surface area contributed by atoms with Crippen LogP contribution in [0.3, 0.4) is 0 Å². The molecule has 5 heteroatoms. The number of hydrogen-bond donors (Lipinski definition) is 0. The van der Waals surface area contributed by atoms with Gasteiger partial charge in [-0.05, 0) is 24.2 Å². The molecule has 0 rings (SSSR count). The minimum absolute atomic E-state index is 0.362. The first-order chi connectivity index (χ1) is 9.68. The predicted molar refractivity (Wildman–Crippen MR) is 89.1 cm³/mol. The van der Waals surface area contributed by atoms with Gasteiger partial charge in [0.25, 0.3) is 0 Å². The Bertz CT molecular complexity index is 284. The van der Waals surface area contributed by atoms with Crippen LogP contribution in [0.2, 0.25) is 0 Å². The lowest BCUT2D eigenvalue weighted by Crippen LogP contribution is -1.98. The molecule has 0 aromatic heterocycles. The Hall–Kier alpha value is 0.0600. The second-order valence-electron chi connectivity index (χ2n) is 4.71. The Morgan fingerprint density at radius 2 is 1.45 bits per heavy atom. The van der Waals surface area contributed by atoms with Crippen molar-refractivity contribution in [2.45, 2.75) is 65.2 Å². The maximum Gasteiger partial charge on any atom is 0.390 e. The number of rotatable bonds is 14. The zero-order chi connectivity index (χ0) is 15.1. The van der Waals surface area contributed by atoms with E-state index in [1.165, 1.54) is 25.7 Å². The Kier molecular flexibility index (Phi) is 14.1. The van der Waals surface area contributed by atoms with Crippen LogP contribution in [0.5, 0.6) is 0 Å². The lowest BCUT2D eigenvalue weighted by molar-refractivity contribution is 0.213. The molecule has 0 aromatic carbocycles. The van der Waals surface area contributed by atoms with Crippen LogP contribution < -0.4 is 0 Å². The summed E-state index contributed by atoms with van der Waals surface area (Å²) in [4.78, 5) is 0. The average molecular weight is 320 g/mol. The summed E-state index contributed by atoms with van der Waals surface area (Å²) in [5.74, 6) is 2.84. The molecule has 0 unspecified atom stereocenters. The standard InChI is InChI=1S/C15H29O3PS/c1-4-7-9-11-13-17-19(16,20-15-6-3)18-14-12-10-8-5-2/h3H,4-5,7-15H2,1-2H3. The molecule has 0 bridgehead atoms. The van der Waals surface area contributed by atoms with E-state index in [0.717, 1.165) is 37.1 Å². The molecule has 0 aliphatic carbocycles. The van der Waals surface area contributed by atoms with Crippen molar-refractivity contribution in [3.05, 3.63) is 0 Å². The molecule has 3 nitrogen and oxygen atoms in total. The molecule has 0 aliphatic rings. The van der Waals surface area contributed by atoms with E-state index in [1.807, 2.05) is 0 Å². The number of unbranched alkanes of at least 4 members (excludes halogenated alkanes) is 6. The fourth-order valence-corrected chi connectivity index (χ4v) is 4.39. The summed E-state index contributed by atoms with van der Waals surface area (Å²) in [6.07, 6.45) is 14.0. The Morgan fingerprint density at radius 3 is 1.85 bits per heavy atom. The van der Waals surface area contributed by atoms with Gasteiger partial charge >= 0.3 is 6.80 Å². The highest BCUT2D eigenvalue weighted by atomic mass is 32.7. The van der Waals surface area contributed by atoms with Crippen molar-refractivity contribution in [3.63, 3.8) is 0 Å². The summed E-state index contributed by atoms with van der Waals surface area (Å²) in [5.41, 5.74) is 0. The molecule has 20 heavy (non-hydrogen) atoms. The molecule has 0 N–H and O–H groups in total. The van der Waals surface area contributed by atoms with Gasteiger partial charge < -0.3 is 9.05 Å². The summed E-state index contributed by atoms with van der Waals surface area (Å²) in [6, 6.07) is 0. The summed E-state index contributed by atoms with van der Waals surface area (Å²) < 4.78 is 23.4. The molecule has 0 spiro atoms. The Morgan fingerprint density at radius 1 is 0.950 bits per heavy atom. The number of hydrogen-bond acceptors (Lipinski definition) is 4. The highest BCUT2D eigenvalue weighted by molar-refractivity contribution is 8.55. The van der Waals surface area contributed by atoms with Crippen molar-refractivity contribution in [3.8, 4) is 12.3 Å². The maximum atomic E-state index is 12.5. The second-order valence-corrected chi connectivity index (χ2v) is 8.79. The molecule has 0 fully saturated rings. The normalized spacial score (nSPS) is 11.4. The molecular formula is C15H29O3PS. The first kappa shape index (κ1) is 20.1. The van der Waals surface area contributed by atoms with E-state index >= 15 is 0 Å². The summed E-state index contributed by atoms with van der Waals surface area (Å²) >= 11 is 1.13. The largest absolute Gasteiger partial charge is 0.390 e. The van der Waals surface area contributed by atoms with Gasteiger partial charge in [0.15, 0.2) is 0 Å². The van der Waals surface area contributed by atoms with Crippen molar-refractivity contribution in [2.75, 3.05) is 19.0 Å². The van der Waals surface area contributed by atoms with E-state index in [4.69, 9.17) is 15.5 Å². The minimum Gasteiger partial charge on any atom is -0.301 e. The zero-order valence-electron chi connectivity index (χ0n) is 12.9. The van der Waals surface area contributed by atoms with Gasteiger partial charge in [-0.2, -0.15) is 0 Å². The molecule has 0 atom stereocenters. The van der Waals surface area contributed by atoms with Crippen LogP contribution in [-0.2, 0) is 13.6 Å². The molecule has 0 aliphatic heterocycles. The molecule has 0 amide bonds. The van der Waals surface area contributed by atoms with E-state index in [1.54, 1.807) is 0 Å². The lowest BCUT2D eigenvalue weighted by Gasteiger charge is -2.16. The SMILES string of the molecule is C#CCSP(=O)(OCCCCCC)OCCCCCC. The van der Waals surface area contributed by atoms with Crippen LogP contribution in [0.4, 0.5) is 0 Å². The molecule has 0 saturated heterocycles. The van der Waals surface area contributed by atoms with E-state index in [0.29, 0.717) is 19.0 Å². The summed E-state index contributed by atoms with van der Waals surface area (Å²) in [6.45, 7) is 2.24. The zero-order valence-corrected chi connectivity index (χ0v) is 14.6. The first-order valence-corrected chi connectivity index (χ1v) is 10.8. The second kappa shape index (κ2) is 14.0. The highest BCUT2D eigenvalue weighted by Crippen LogP contribution is 2.60. The molecular weight excluding hydrogens is 291 g/mol. The summed E-state index contributed by atoms with van der Waals surface area (Å²) in [7, 11) is 0. The van der Waals surface area contributed by atoms with Gasteiger partial charge in [-0.1, -0.05) is 58.3 Å². The van der Waals surface area contributed by atoms with Crippen molar-refractivity contribution in [1.29, 1.82) is 0 Å². The van der Waals surface area contributed by atoms with Crippen LogP contribution in [0, 0.1) is 12.3 Å². The van der Waals surface area contributed by atoms with E-state index in [-0.39, 0.29) is 0 Å². The van der Waals surface area contributed by atoms with Crippen LogP contribution in [-0.4, -0.2) is 19.0 Å². The minimum atomic E-state index is -3.06. The van der Waals surface area contributed by atoms with Gasteiger partial charge in [0.05, 0.1) is 19.0 Å². The predicted octanol–water partition coefficient (Wildman–Crippen LogP) is 5.65. The van der Waals surface area contributed by atoms with Crippen molar-refractivity contribution < 1.29 is 13.6 Å². The van der Waals surface area contributed by atoms with Crippen LogP contribution >= 0.6 is 18.2 Å². The van der Waals surface area contributed by atoms with E-state index in [2.05, 4.69) is 19.8 Å². The van der Waals surface area contributed by atoms with Gasteiger partial charge in [-0.25, -0.2) is 4.57 Å². The Balaban J connectivity index is 3.95. The van der Waals surface area contributed by atoms with Gasteiger partial charge in [-0.15, -0.1) is 6.42 Å². The smallest absolute Gasteiger partial charge is 0.301 e. The molecule has 0 aromatic rings. The fourth-order valence-electron chi connectivity index (χ4n) is 1.64. The van der Waals surface area contributed by atoms with Crippen molar-refractivity contribution in [2.24, 2.45) is 0 Å². The fraction of sp³-hybridized carbons (Fsp3) is 0.867. The molecule has 0 radical (unpaired) electrons. The lowest BCUT2D eigenvalue weighted by atomic mass is 10.2. The maximum absolute atomic E-state index is 12.5. The monoisotopic (exact) mass is 320 g/mol. The highest BCUT2D eigenvalue weighted by Gasteiger charge is 2.24. The van der Waals surface area contributed by atoms with Crippen molar-refractivity contribution in [1.82, 2.24) is 0 Å². The summed E-state index contributed by atoms with van der Waals surface area (Å²) in [5, 5.41) is 0. The molecule has 0 saturated carbocycles.